The van der Waals surface area contributed by atoms with E-state index in [4.69, 9.17) is 5.11 Å². The van der Waals surface area contributed by atoms with E-state index >= 15 is 0 Å². The van der Waals surface area contributed by atoms with Gasteiger partial charge in [0.25, 0.3) is 0 Å². The summed E-state index contributed by atoms with van der Waals surface area (Å²) in [7, 11) is 0. The number of phenolic OH excluding ortho intramolecular Hbond substituents is 1. The molecule has 2 aliphatic carbocycles. The number of nitrogens with one attached hydrogen (secondary N) is 1. The Kier molecular flexibility index (Phi) is 5.56. The Balaban J connectivity index is 1.30. The van der Waals surface area contributed by atoms with E-state index < -0.39 is 5.97 Å². The van der Waals surface area contributed by atoms with Crippen molar-refractivity contribution in [2.24, 2.45) is 29.6 Å². The molecule has 35 heavy (non-hydrogen) atoms. The number of unbranched alkanes of at least 4 members (excludes halogenated alkanes) is 2. The van der Waals surface area contributed by atoms with Crippen molar-refractivity contribution in [2.75, 3.05) is 6.54 Å². The summed E-state index contributed by atoms with van der Waals surface area (Å²) in [6.45, 7) is 0.343. The number of aliphatic carboxylic acids is 1. The van der Waals surface area contributed by atoms with Gasteiger partial charge < -0.3 is 15.2 Å². The minimum absolute atomic E-state index is 0.0194. The van der Waals surface area contributed by atoms with Crippen molar-refractivity contribution in [3.8, 4) is 5.75 Å². The van der Waals surface area contributed by atoms with Crippen molar-refractivity contribution in [2.45, 2.75) is 48.3 Å². The minimum atomic E-state index is -0.835. The number of aromatic amines is 1. The minimum Gasteiger partial charge on any atom is -0.508 e. The molecule has 2 saturated carbocycles. The molecule has 0 unspecified atom stereocenters. The number of likely N-dealkylation sites (tertiary alicyclic amines) is 1. The van der Waals surface area contributed by atoms with E-state index in [-0.39, 0.29) is 69.6 Å². The van der Waals surface area contributed by atoms with Crippen LogP contribution in [-0.2, 0) is 14.4 Å². The summed E-state index contributed by atoms with van der Waals surface area (Å²) in [5.74, 6) is -1.56. The number of thiazole rings is 1. The molecule has 1 saturated heterocycles. The summed E-state index contributed by atoms with van der Waals surface area (Å²) >= 11 is 2.81. The third-order valence-electron chi connectivity index (χ3n) is 8.36. The number of carbonyl (C=O) groups is 3. The lowest BCUT2D eigenvalue weighted by molar-refractivity contribution is -0.141. The Hall–Kier alpha value is -2.59. The largest absolute Gasteiger partial charge is 0.508 e. The van der Waals surface area contributed by atoms with E-state index in [2.05, 4.69) is 4.98 Å². The Bertz CT molecular complexity index is 1270. The van der Waals surface area contributed by atoms with E-state index in [0.29, 0.717) is 25.8 Å². The number of carboxylic acids is 1. The van der Waals surface area contributed by atoms with Crippen molar-refractivity contribution < 1.29 is 24.6 Å². The van der Waals surface area contributed by atoms with Gasteiger partial charge in [-0.15, -0.1) is 11.8 Å². The summed E-state index contributed by atoms with van der Waals surface area (Å²) in [5, 5.41) is 20.5. The van der Waals surface area contributed by atoms with Gasteiger partial charge in [-0.2, -0.15) is 0 Å². The molecular weight excluding hydrogens is 488 g/mol. The lowest BCUT2D eigenvalue weighted by Crippen LogP contribution is -2.42. The molecule has 0 radical (unpaired) electrons. The lowest BCUT2D eigenvalue weighted by atomic mass is 9.68. The molecule has 2 bridgehead atoms. The van der Waals surface area contributed by atoms with E-state index in [0.717, 1.165) is 21.9 Å². The highest BCUT2D eigenvalue weighted by molar-refractivity contribution is 8.00. The molecule has 6 rings (SSSR count). The zero-order valence-electron chi connectivity index (χ0n) is 18.9. The van der Waals surface area contributed by atoms with Crippen molar-refractivity contribution in [1.29, 1.82) is 0 Å². The third-order valence-corrected chi connectivity index (χ3v) is 10.9. The van der Waals surface area contributed by atoms with Gasteiger partial charge in [-0.1, -0.05) is 36.0 Å². The number of imide groups is 1. The van der Waals surface area contributed by atoms with Crippen LogP contribution in [0.15, 0.2) is 34.1 Å². The van der Waals surface area contributed by atoms with Crippen LogP contribution >= 0.6 is 23.1 Å². The van der Waals surface area contributed by atoms with Crippen molar-refractivity contribution in [3.63, 3.8) is 0 Å². The van der Waals surface area contributed by atoms with Crippen LogP contribution in [0.2, 0.25) is 0 Å². The first-order valence-corrected chi connectivity index (χ1v) is 13.8. The number of amides is 2. The fraction of sp³-hybridized carbons (Fsp3) is 0.520. The van der Waals surface area contributed by atoms with Crippen LogP contribution < -0.4 is 4.87 Å². The van der Waals surface area contributed by atoms with Gasteiger partial charge >= 0.3 is 10.8 Å². The number of H-pyrrole nitrogens is 1. The van der Waals surface area contributed by atoms with Crippen molar-refractivity contribution >= 4 is 40.9 Å². The van der Waals surface area contributed by atoms with Crippen LogP contribution in [0, 0.1) is 29.6 Å². The summed E-state index contributed by atoms with van der Waals surface area (Å²) in [6, 6.07) is 7.22. The molecule has 1 aromatic heterocycles. The molecular formula is C25H26N2O6S2. The van der Waals surface area contributed by atoms with E-state index in [1.807, 2.05) is 12.1 Å². The molecule has 10 heteroatoms. The number of hydrogen-bond acceptors (Lipinski definition) is 7. The second-order valence-corrected chi connectivity index (χ2v) is 12.3. The SMILES string of the molecule is O=C(O)CCCCCN1C(=O)[C@@H]2[C@H]3C[C@@H]([C@@H]2C1=O)[C@@H]1[C@H](c2ccccc2O)c2sc(=O)[nH]c2S[C@@H]31. The maximum atomic E-state index is 13.5. The van der Waals surface area contributed by atoms with Gasteiger partial charge in [-0.25, -0.2) is 0 Å². The van der Waals surface area contributed by atoms with E-state index in [1.165, 1.54) is 16.2 Å². The molecule has 2 amide bonds. The molecule has 3 fully saturated rings. The molecule has 2 aliphatic heterocycles. The van der Waals surface area contributed by atoms with Crippen LogP contribution in [0.25, 0.3) is 0 Å². The van der Waals surface area contributed by atoms with Crippen LogP contribution in [0.3, 0.4) is 0 Å². The molecule has 1 aromatic carbocycles. The van der Waals surface area contributed by atoms with Gasteiger partial charge in [0.05, 0.1) is 16.9 Å². The second-order valence-electron chi connectivity index (χ2n) is 10.1. The average Bonchev–Trinajstić information content (AvgIpc) is 3.54. The molecule has 0 spiro atoms. The monoisotopic (exact) mass is 514 g/mol. The lowest BCUT2D eigenvalue weighted by Gasteiger charge is -2.43. The Morgan fingerprint density at radius 3 is 2.54 bits per heavy atom. The Morgan fingerprint density at radius 1 is 1.06 bits per heavy atom. The Morgan fingerprint density at radius 2 is 1.80 bits per heavy atom. The van der Waals surface area contributed by atoms with Gasteiger partial charge in [-0.05, 0) is 43.1 Å². The van der Waals surface area contributed by atoms with Crippen LogP contribution in [0.4, 0.5) is 0 Å². The zero-order chi connectivity index (χ0) is 24.4. The average molecular weight is 515 g/mol. The summed E-state index contributed by atoms with van der Waals surface area (Å²) in [5.41, 5.74) is 0.774. The highest BCUT2D eigenvalue weighted by Crippen LogP contribution is 2.68. The standard InChI is InChI=1S/C25H26N2O6S2/c28-14-7-4-3-6-11(14)16-17-12-10-13(20(17)34-22-21(16)35-25(33)26-22)19-18(12)23(31)27(24(19)32)9-5-1-2-8-15(29)30/h3-4,6-7,12-13,16-20,28H,1-2,5,8-10H2,(H,26,33)(H,29,30)/t12-,13-,16+,17-,18+,19-,20+/m1/s1. The van der Waals surface area contributed by atoms with Crippen LogP contribution in [-0.4, -0.2) is 49.7 Å². The number of carboxylic acid groups (broad SMARTS) is 1. The summed E-state index contributed by atoms with van der Waals surface area (Å²) in [4.78, 5) is 55.1. The molecule has 184 valence electrons. The Labute approximate surface area is 209 Å². The highest BCUT2D eigenvalue weighted by atomic mass is 32.2. The topological polar surface area (TPSA) is 128 Å². The van der Waals surface area contributed by atoms with Gasteiger partial charge in [0.1, 0.15) is 5.75 Å². The first-order chi connectivity index (χ1) is 16.9. The fourth-order valence-corrected chi connectivity index (χ4v) is 10.0. The zero-order valence-corrected chi connectivity index (χ0v) is 20.5. The number of carbonyl (C=O) groups excluding carboxylic acids is 2. The molecule has 3 heterocycles. The van der Waals surface area contributed by atoms with E-state index in [1.54, 1.807) is 23.9 Å². The molecule has 8 nitrogen and oxygen atoms in total. The number of hydrogen-bond donors (Lipinski definition) is 3. The van der Waals surface area contributed by atoms with Crippen molar-refractivity contribution in [1.82, 2.24) is 9.88 Å². The number of thioether (sulfide) groups is 1. The van der Waals surface area contributed by atoms with Gasteiger partial charge in [-0.3, -0.25) is 24.1 Å². The number of para-hydroxylation sites is 1. The number of benzene rings is 1. The molecule has 7 atom stereocenters. The maximum Gasteiger partial charge on any atom is 0.305 e. The second kappa shape index (κ2) is 8.51. The maximum absolute atomic E-state index is 13.5. The molecule has 2 aromatic rings. The molecule has 4 aliphatic rings. The summed E-state index contributed by atoms with van der Waals surface area (Å²) < 4.78 is 0. The number of aromatic hydroxyl groups is 1. The first kappa shape index (κ1) is 22.8. The highest BCUT2D eigenvalue weighted by Gasteiger charge is 2.69. The quantitative estimate of drug-likeness (QED) is 0.382. The number of rotatable bonds is 7. The van der Waals surface area contributed by atoms with Gasteiger partial charge in [0.2, 0.25) is 11.8 Å². The number of phenols is 1. The predicted molar refractivity (Wildman–Crippen MR) is 129 cm³/mol. The molecule has 3 N–H and O–H groups in total. The van der Waals surface area contributed by atoms with Crippen LogP contribution in [0.5, 0.6) is 5.75 Å². The first-order valence-electron chi connectivity index (χ1n) is 12.1. The fourth-order valence-electron chi connectivity index (χ4n) is 7.12. The number of aromatic nitrogens is 1. The summed E-state index contributed by atoms with van der Waals surface area (Å²) in [6.07, 6.45) is 2.71. The smallest absolute Gasteiger partial charge is 0.305 e. The van der Waals surface area contributed by atoms with Crippen molar-refractivity contribution in [3.05, 3.63) is 44.4 Å². The van der Waals surface area contributed by atoms with Gasteiger partial charge in [0.15, 0.2) is 0 Å². The van der Waals surface area contributed by atoms with E-state index in [9.17, 15) is 24.3 Å². The van der Waals surface area contributed by atoms with Crippen LogP contribution in [0.1, 0.15) is 48.5 Å². The third kappa shape index (κ3) is 3.48. The van der Waals surface area contributed by atoms with Gasteiger partial charge in [0, 0.05) is 34.6 Å². The predicted octanol–water partition coefficient (Wildman–Crippen LogP) is 3.26. The number of fused-ring (bicyclic) bond motifs is 9. The normalized spacial score (nSPS) is 32.6. The number of nitrogens with zero attached hydrogens (tertiary/aromatic N) is 1.